The molecule has 0 saturated heterocycles. The molecule has 1 rings (SSSR count). The zero-order valence-electron chi connectivity index (χ0n) is 10.9. The van der Waals surface area contributed by atoms with E-state index in [1.807, 2.05) is 44.2 Å². The van der Waals surface area contributed by atoms with Gasteiger partial charge < -0.3 is 11.1 Å². The van der Waals surface area contributed by atoms with Gasteiger partial charge in [-0.1, -0.05) is 44.2 Å². The zero-order valence-corrected chi connectivity index (χ0v) is 10.9. The van der Waals surface area contributed by atoms with E-state index in [1.165, 1.54) is 0 Å². The standard InChI is InChI=1S/C14H21N3O/c1-3-11(13(15)16)14(18)17-12(4-2)10-8-6-5-7-9-10/h5-9,11-12H,3-4H2,1-2H3,(H3,15,16)(H,17,18)/t11-,12-/m1/s1. The van der Waals surface area contributed by atoms with Crippen molar-refractivity contribution in [3.8, 4) is 0 Å². The van der Waals surface area contributed by atoms with Crippen molar-refractivity contribution in [2.75, 3.05) is 0 Å². The Kier molecular flexibility index (Phi) is 5.36. The van der Waals surface area contributed by atoms with Gasteiger partial charge in [-0.05, 0) is 18.4 Å². The van der Waals surface area contributed by atoms with Gasteiger partial charge in [0.2, 0.25) is 5.91 Å². The van der Waals surface area contributed by atoms with Gasteiger partial charge in [0.15, 0.2) is 0 Å². The highest BCUT2D eigenvalue weighted by molar-refractivity contribution is 6.00. The van der Waals surface area contributed by atoms with Crippen molar-refractivity contribution in [3.63, 3.8) is 0 Å². The van der Waals surface area contributed by atoms with Crippen molar-refractivity contribution in [2.45, 2.75) is 32.7 Å². The fraction of sp³-hybridized carbons (Fsp3) is 0.429. The van der Waals surface area contributed by atoms with E-state index in [-0.39, 0.29) is 17.8 Å². The smallest absolute Gasteiger partial charge is 0.231 e. The SMILES string of the molecule is CC[C@H](C(=N)N)C(=O)N[C@H](CC)c1ccccc1. The van der Waals surface area contributed by atoms with Gasteiger partial charge in [0, 0.05) is 0 Å². The number of hydrogen-bond acceptors (Lipinski definition) is 2. The molecule has 0 unspecified atom stereocenters. The average molecular weight is 247 g/mol. The summed E-state index contributed by atoms with van der Waals surface area (Å²) in [5.74, 6) is -0.763. The van der Waals surface area contributed by atoms with Crippen molar-refractivity contribution in [1.82, 2.24) is 5.32 Å². The largest absolute Gasteiger partial charge is 0.387 e. The fourth-order valence-electron chi connectivity index (χ4n) is 1.93. The Hall–Kier alpha value is -1.84. The number of nitrogens with two attached hydrogens (primary N) is 1. The molecule has 0 spiro atoms. The van der Waals surface area contributed by atoms with E-state index in [0.29, 0.717) is 6.42 Å². The highest BCUT2D eigenvalue weighted by Gasteiger charge is 2.22. The van der Waals surface area contributed by atoms with Gasteiger partial charge in [-0.25, -0.2) is 0 Å². The molecule has 18 heavy (non-hydrogen) atoms. The summed E-state index contributed by atoms with van der Waals surface area (Å²) in [6, 6.07) is 9.81. The average Bonchev–Trinajstić information content (AvgIpc) is 2.37. The monoisotopic (exact) mass is 247 g/mol. The van der Waals surface area contributed by atoms with E-state index in [2.05, 4.69) is 5.32 Å². The van der Waals surface area contributed by atoms with Crippen LogP contribution in [0.15, 0.2) is 30.3 Å². The Morgan fingerprint density at radius 2 is 1.89 bits per heavy atom. The van der Waals surface area contributed by atoms with E-state index in [1.54, 1.807) is 0 Å². The molecule has 2 atom stereocenters. The molecule has 1 aromatic carbocycles. The Balaban J connectivity index is 2.75. The lowest BCUT2D eigenvalue weighted by molar-refractivity contribution is -0.123. The van der Waals surface area contributed by atoms with Gasteiger partial charge in [0.1, 0.15) is 5.84 Å². The molecule has 4 nitrogen and oxygen atoms in total. The molecular formula is C14H21N3O. The molecule has 0 bridgehead atoms. The summed E-state index contributed by atoms with van der Waals surface area (Å²) >= 11 is 0. The first-order chi connectivity index (χ1) is 8.60. The summed E-state index contributed by atoms with van der Waals surface area (Å²) < 4.78 is 0. The van der Waals surface area contributed by atoms with Crippen molar-refractivity contribution in [2.24, 2.45) is 11.7 Å². The molecule has 4 N–H and O–H groups in total. The summed E-state index contributed by atoms with van der Waals surface area (Å²) in [5, 5.41) is 10.4. The highest BCUT2D eigenvalue weighted by Crippen LogP contribution is 2.17. The van der Waals surface area contributed by atoms with Gasteiger partial charge in [-0.3, -0.25) is 10.2 Å². The van der Waals surface area contributed by atoms with E-state index >= 15 is 0 Å². The normalized spacial score (nSPS) is 13.7. The van der Waals surface area contributed by atoms with Crippen molar-refractivity contribution in [3.05, 3.63) is 35.9 Å². The van der Waals surface area contributed by atoms with Crippen LogP contribution < -0.4 is 11.1 Å². The van der Waals surface area contributed by atoms with Crippen molar-refractivity contribution >= 4 is 11.7 Å². The molecule has 4 heteroatoms. The number of carbonyl (C=O) groups excluding carboxylic acids is 1. The lowest BCUT2D eigenvalue weighted by atomic mass is 10.0. The molecule has 0 aliphatic rings. The molecule has 1 aromatic rings. The molecule has 0 aromatic heterocycles. The minimum Gasteiger partial charge on any atom is -0.387 e. The number of carbonyl (C=O) groups is 1. The summed E-state index contributed by atoms with van der Waals surface area (Å²) in [5.41, 5.74) is 6.50. The Morgan fingerprint density at radius 3 is 2.33 bits per heavy atom. The lowest BCUT2D eigenvalue weighted by Gasteiger charge is -2.21. The van der Waals surface area contributed by atoms with Crippen LogP contribution in [-0.2, 0) is 4.79 Å². The van der Waals surface area contributed by atoms with Crippen molar-refractivity contribution in [1.29, 1.82) is 5.41 Å². The van der Waals surface area contributed by atoms with Crippen LogP contribution in [-0.4, -0.2) is 11.7 Å². The van der Waals surface area contributed by atoms with Crippen LogP contribution in [0.25, 0.3) is 0 Å². The lowest BCUT2D eigenvalue weighted by Crippen LogP contribution is -2.39. The quantitative estimate of drug-likeness (QED) is 0.532. The fourth-order valence-corrected chi connectivity index (χ4v) is 1.93. The first-order valence-corrected chi connectivity index (χ1v) is 6.29. The van der Waals surface area contributed by atoms with Crippen LogP contribution in [0.3, 0.4) is 0 Å². The number of nitrogens with one attached hydrogen (secondary N) is 2. The molecule has 0 saturated carbocycles. The van der Waals surface area contributed by atoms with Crippen LogP contribution >= 0.6 is 0 Å². The second kappa shape index (κ2) is 6.79. The van der Waals surface area contributed by atoms with Gasteiger partial charge >= 0.3 is 0 Å². The second-order valence-corrected chi connectivity index (χ2v) is 4.30. The Morgan fingerprint density at radius 1 is 1.28 bits per heavy atom. The third-order valence-electron chi connectivity index (χ3n) is 3.03. The maximum atomic E-state index is 12.0. The predicted octanol–water partition coefficient (Wildman–Crippen LogP) is 2.22. The van der Waals surface area contributed by atoms with E-state index in [9.17, 15) is 4.79 Å². The van der Waals surface area contributed by atoms with Gasteiger partial charge in [0.05, 0.1) is 12.0 Å². The summed E-state index contributed by atoms with van der Waals surface area (Å²) in [6.45, 7) is 3.88. The number of amidine groups is 1. The van der Waals surface area contributed by atoms with Crippen LogP contribution in [0.1, 0.15) is 38.3 Å². The molecule has 0 aliphatic carbocycles. The number of hydrogen-bond donors (Lipinski definition) is 3. The van der Waals surface area contributed by atoms with Crippen LogP contribution in [0.4, 0.5) is 0 Å². The van der Waals surface area contributed by atoms with Crippen LogP contribution in [0.5, 0.6) is 0 Å². The number of benzene rings is 1. The van der Waals surface area contributed by atoms with Gasteiger partial charge in [0.25, 0.3) is 0 Å². The third kappa shape index (κ3) is 3.58. The first kappa shape index (κ1) is 14.2. The minimum absolute atomic E-state index is 0.0212. The minimum atomic E-state index is -0.525. The second-order valence-electron chi connectivity index (χ2n) is 4.30. The molecule has 98 valence electrons. The molecule has 0 fully saturated rings. The Labute approximate surface area is 108 Å². The molecular weight excluding hydrogens is 226 g/mol. The van der Waals surface area contributed by atoms with Crippen molar-refractivity contribution < 1.29 is 4.79 Å². The molecule has 0 radical (unpaired) electrons. The predicted molar refractivity (Wildman–Crippen MR) is 73.3 cm³/mol. The van der Waals surface area contributed by atoms with E-state index < -0.39 is 5.92 Å². The van der Waals surface area contributed by atoms with Gasteiger partial charge in [-0.2, -0.15) is 0 Å². The highest BCUT2D eigenvalue weighted by atomic mass is 16.2. The molecule has 0 aliphatic heterocycles. The number of amides is 1. The van der Waals surface area contributed by atoms with Crippen LogP contribution in [0, 0.1) is 11.3 Å². The zero-order chi connectivity index (χ0) is 13.5. The van der Waals surface area contributed by atoms with E-state index in [4.69, 9.17) is 11.1 Å². The molecule has 1 amide bonds. The first-order valence-electron chi connectivity index (χ1n) is 6.29. The Bertz CT molecular complexity index is 403. The number of rotatable bonds is 6. The van der Waals surface area contributed by atoms with Gasteiger partial charge in [-0.15, -0.1) is 0 Å². The van der Waals surface area contributed by atoms with E-state index in [0.717, 1.165) is 12.0 Å². The molecule has 0 heterocycles. The third-order valence-corrected chi connectivity index (χ3v) is 3.03. The maximum Gasteiger partial charge on any atom is 0.231 e. The summed E-state index contributed by atoms with van der Waals surface area (Å²) in [4.78, 5) is 12.0. The summed E-state index contributed by atoms with van der Waals surface area (Å²) in [7, 11) is 0. The topological polar surface area (TPSA) is 79.0 Å². The van der Waals surface area contributed by atoms with Crippen LogP contribution in [0.2, 0.25) is 0 Å². The maximum absolute atomic E-state index is 12.0. The summed E-state index contributed by atoms with van der Waals surface area (Å²) in [6.07, 6.45) is 1.36.